The number of ether oxygens (including phenoxy) is 1. The molecule has 2 aliphatic heterocycles. The number of carbonyl (C=O) groups is 3. The van der Waals surface area contributed by atoms with Gasteiger partial charge in [-0.05, 0) is 35.9 Å². The number of rotatable bonds is 6. The zero-order valence-electron chi connectivity index (χ0n) is 17.1. The highest BCUT2D eigenvalue weighted by Crippen LogP contribution is 2.46. The number of carboxylic acid groups (broad SMARTS) is 1. The number of azide groups is 1. The third-order valence-electron chi connectivity index (χ3n) is 5.31. The predicted octanol–water partition coefficient (Wildman–Crippen LogP) is 3.38. The van der Waals surface area contributed by atoms with Crippen LogP contribution in [0.2, 0.25) is 0 Å². The molecule has 170 valence electrons. The second-order valence-corrected chi connectivity index (χ2v) is 8.70. The van der Waals surface area contributed by atoms with Gasteiger partial charge in [0, 0.05) is 16.9 Å². The summed E-state index contributed by atoms with van der Waals surface area (Å²) in [6.45, 7) is -1.64. The molecule has 1 saturated heterocycles. The molecular weight excluding hydrogens is 453 g/mol. The number of carbonyl (C=O) groups excluding carboxylic acids is 2. The Hall–Kier alpha value is -3.76. The van der Waals surface area contributed by atoms with Crippen molar-refractivity contribution in [3.05, 3.63) is 58.5 Å². The first-order chi connectivity index (χ1) is 15.8. The van der Waals surface area contributed by atoms with Gasteiger partial charge in [-0.25, -0.2) is 9.18 Å². The second kappa shape index (κ2) is 9.00. The van der Waals surface area contributed by atoms with Crippen LogP contribution in [0, 0.1) is 0 Å². The molecule has 2 aromatic rings. The first-order valence-electron chi connectivity index (χ1n) is 9.89. The Morgan fingerprint density at radius 2 is 2.03 bits per heavy atom. The number of hydrogen-bond acceptors (Lipinski definition) is 6. The molecule has 33 heavy (non-hydrogen) atoms. The number of hydrogen-bond donors (Lipinski definition) is 2. The van der Waals surface area contributed by atoms with Crippen LogP contribution >= 0.6 is 11.8 Å². The molecule has 2 atom stereocenters. The third-order valence-corrected chi connectivity index (χ3v) is 6.42. The van der Waals surface area contributed by atoms with Crippen LogP contribution in [-0.2, 0) is 9.59 Å². The number of alkyl halides is 1. The fourth-order valence-electron chi connectivity index (χ4n) is 3.72. The Morgan fingerprint density at radius 1 is 1.27 bits per heavy atom. The van der Waals surface area contributed by atoms with Gasteiger partial charge in [0.1, 0.15) is 23.2 Å². The molecule has 2 aliphatic rings. The normalized spacial score (nSPS) is 20.6. The lowest BCUT2D eigenvalue weighted by Gasteiger charge is -2.22. The van der Waals surface area contributed by atoms with Gasteiger partial charge >= 0.3 is 5.97 Å². The zero-order valence-corrected chi connectivity index (χ0v) is 17.9. The number of amides is 2. The number of fused-ring (bicyclic) bond motifs is 2. The number of halogens is 1. The predicted molar refractivity (Wildman–Crippen MR) is 115 cm³/mol. The quantitative estimate of drug-likeness (QED) is 0.320. The van der Waals surface area contributed by atoms with E-state index < -0.39 is 55.5 Å². The number of likely N-dealkylation sites (tertiary alicyclic amines) is 1. The summed E-state index contributed by atoms with van der Waals surface area (Å²) >= 11 is 1.51. The topological polar surface area (TPSA) is 145 Å². The number of benzene rings is 2. The SMILES string of the molecule is [N-]=[N+]=NC[C@@]1(F)C[C@@H](C(=O)O)N(C(=O)CNC(=O)c2ccc3c(c2)Oc2ccccc2S3)C1. The highest BCUT2D eigenvalue weighted by atomic mass is 32.2. The van der Waals surface area contributed by atoms with E-state index in [9.17, 15) is 23.9 Å². The Morgan fingerprint density at radius 3 is 2.79 bits per heavy atom. The number of carboxylic acids is 1. The summed E-state index contributed by atoms with van der Waals surface area (Å²) in [5.74, 6) is -1.52. The maximum absolute atomic E-state index is 14.8. The maximum Gasteiger partial charge on any atom is 0.326 e. The van der Waals surface area contributed by atoms with E-state index in [1.54, 1.807) is 18.2 Å². The van der Waals surface area contributed by atoms with Gasteiger partial charge in [0.25, 0.3) is 5.91 Å². The third kappa shape index (κ3) is 4.71. The largest absolute Gasteiger partial charge is 0.480 e. The minimum absolute atomic E-state index is 0.251. The van der Waals surface area contributed by atoms with Gasteiger partial charge in [0.15, 0.2) is 0 Å². The fourth-order valence-corrected chi connectivity index (χ4v) is 4.65. The van der Waals surface area contributed by atoms with Crippen LogP contribution in [0.25, 0.3) is 10.4 Å². The van der Waals surface area contributed by atoms with E-state index in [-0.39, 0.29) is 5.56 Å². The Labute approximate surface area is 191 Å². The van der Waals surface area contributed by atoms with Gasteiger partial charge in [0.05, 0.1) is 29.4 Å². The van der Waals surface area contributed by atoms with Crippen LogP contribution < -0.4 is 10.1 Å². The molecule has 0 unspecified atom stereocenters. The molecule has 0 radical (unpaired) electrons. The van der Waals surface area contributed by atoms with Crippen LogP contribution in [-0.4, -0.2) is 59.1 Å². The lowest BCUT2D eigenvalue weighted by atomic mass is 10.0. The molecule has 1 fully saturated rings. The standard InChI is InChI=1S/C21H18FN5O5S/c22-21(10-25-26-23)8-13(20(30)31)27(11-21)18(28)9-24-19(29)12-5-6-17-15(7-12)32-14-3-1-2-4-16(14)33-17/h1-7,13H,8-11H2,(H,24,29)(H,30,31)/t13-,21-/m0/s1. The van der Waals surface area contributed by atoms with Crippen molar-refractivity contribution in [3.63, 3.8) is 0 Å². The van der Waals surface area contributed by atoms with Crippen LogP contribution in [0.5, 0.6) is 11.5 Å². The first-order valence-corrected chi connectivity index (χ1v) is 10.7. The molecule has 2 N–H and O–H groups in total. The molecule has 2 amide bonds. The smallest absolute Gasteiger partial charge is 0.326 e. The highest BCUT2D eigenvalue weighted by Gasteiger charge is 2.49. The number of para-hydroxylation sites is 1. The highest BCUT2D eigenvalue weighted by molar-refractivity contribution is 7.99. The average molecular weight is 471 g/mol. The van der Waals surface area contributed by atoms with E-state index in [2.05, 4.69) is 15.3 Å². The lowest BCUT2D eigenvalue weighted by molar-refractivity contribution is -0.147. The average Bonchev–Trinajstić information content (AvgIpc) is 3.17. The van der Waals surface area contributed by atoms with Gasteiger partial charge in [0.2, 0.25) is 5.91 Å². The van der Waals surface area contributed by atoms with E-state index in [1.807, 2.05) is 24.3 Å². The molecule has 12 heteroatoms. The van der Waals surface area contributed by atoms with E-state index in [1.165, 1.54) is 11.8 Å². The molecule has 4 rings (SSSR count). The lowest BCUT2D eigenvalue weighted by Crippen LogP contribution is -2.46. The molecule has 0 spiro atoms. The number of nitrogens with one attached hydrogen (secondary N) is 1. The van der Waals surface area contributed by atoms with Crippen molar-refractivity contribution in [2.24, 2.45) is 5.11 Å². The van der Waals surface area contributed by atoms with E-state index in [0.717, 1.165) is 14.7 Å². The van der Waals surface area contributed by atoms with Gasteiger partial charge in [-0.2, -0.15) is 0 Å². The monoisotopic (exact) mass is 471 g/mol. The van der Waals surface area contributed by atoms with Crippen molar-refractivity contribution >= 4 is 29.5 Å². The fraction of sp³-hybridized carbons (Fsp3) is 0.286. The van der Waals surface area contributed by atoms with Gasteiger partial charge < -0.3 is 20.1 Å². The van der Waals surface area contributed by atoms with Crippen molar-refractivity contribution in [3.8, 4) is 11.5 Å². The molecular formula is C21H18FN5O5S. The van der Waals surface area contributed by atoms with Crippen LogP contribution in [0.3, 0.4) is 0 Å². The van der Waals surface area contributed by atoms with E-state index in [0.29, 0.717) is 11.5 Å². The molecule has 10 nitrogen and oxygen atoms in total. The van der Waals surface area contributed by atoms with E-state index >= 15 is 0 Å². The van der Waals surface area contributed by atoms with Gasteiger partial charge in [-0.3, -0.25) is 9.59 Å². The van der Waals surface area contributed by atoms with Crippen molar-refractivity contribution in [1.82, 2.24) is 10.2 Å². The van der Waals surface area contributed by atoms with E-state index in [4.69, 9.17) is 10.3 Å². The summed E-state index contributed by atoms with van der Waals surface area (Å²) in [6.07, 6.45) is -0.498. The van der Waals surface area contributed by atoms with Crippen LogP contribution in [0.4, 0.5) is 4.39 Å². The molecule has 0 bridgehead atoms. The Bertz CT molecular complexity index is 1190. The minimum atomic E-state index is -2.14. The molecule has 2 heterocycles. The summed E-state index contributed by atoms with van der Waals surface area (Å²) in [5.41, 5.74) is 6.51. The Balaban J connectivity index is 1.41. The second-order valence-electron chi connectivity index (χ2n) is 7.61. The van der Waals surface area contributed by atoms with Crippen molar-refractivity contribution < 1.29 is 28.6 Å². The summed E-state index contributed by atoms with van der Waals surface area (Å²) in [7, 11) is 0. The van der Waals surface area contributed by atoms with Gasteiger partial charge in [-0.15, -0.1) is 0 Å². The Kier molecular flexibility index (Phi) is 6.12. The van der Waals surface area contributed by atoms with Crippen LogP contribution in [0.1, 0.15) is 16.8 Å². The van der Waals surface area contributed by atoms with Crippen molar-refractivity contribution in [2.45, 2.75) is 27.9 Å². The molecule has 0 aromatic heterocycles. The molecule has 2 aromatic carbocycles. The minimum Gasteiger partial charge on any atom is -0.480 e. The van der Waals surface area contributed by atoms with Crippen LogP contribution in [0.15, 0.2) is 57.4 Å². The van der Waals surface area contributed by atoms with Gasteiger partial charge in [-0.1, -0.05) is 29.0 Å². The maximum atomic E-state index is 14.8. The summed E-state index contributed by atoms with van der Waals surface area (Å²) in [6, 6.07) is 11.0. The summed E-state index contributed by atoms with van der Waals surface area (Å²) in [5, 5.41) is 15.0. The van der Waals surface area contributed by atoms with Crippen molar-refractivity contribution in [1.29, 1.82) is 0 Å². The zero-order chi connectivity index (χ0) is 23.6. The number of aliphatic carboxylic acids is 1. The molecule has 0 saturated carbocycles. The molecule has 0 aliphatic carbocycles. The summed E-state index contributed by atoms with van der Waals surface area (Å²) in [4.78, 5) is 41.8. The summed E-state index contributed by atoms with van der Waals surface area (Å²) < 4.78 is 20.7. The first kappa shape index (κ1) is 22.4. The van der Waals surface area contributed by atoms with Crippen molar-refractivity contribution in [2.75, 3.05) is 19.6 Å². The number of nitrogens with zero attached hydrogens (tertiary/aromatic N) is 4.